The van der Waals surface area contributed by atoms with Crippen LogP contribution in [0.4, 0.5) is 10.1 Å². The number of sulfone groups is 1. The van der Waals surface area contributed by atoms with Gasteiger partial charge in [-0.3, -0.25) is 4.79 Å². The van der Waals surface area contributed by atoms with Crippen molar-refractivity contribution in [2.24, 2.45) is 0 Å². The summed E-state index contributed by atoms with van der Waals surface area (Å²) < 4.78 is 36.9. The predicted octanol–water partition coefficient (Wildman–Crippen LogP) is 1.27. The molecule has 2 rings (SSSR count). The third-order valence-corrected chi connectivity index (χ3v) is 4.85. The van der Waals surface area contributed by atoms with Crippen LogP contribution < -0.4 is 10.6 Å². The van der Waals surface area contributed by atoms with Gasteiger partial charge in [0.15, 0.2) is 9.84 Å². The minimum Gasteiger partial charge on any atom is -0.323 e. The van der Waals surface area contributed by atoms with Gasteiger partial charge in [-0.15, -0.1) is 12.4 Å². The van der Waals surface area contributed by atoms with Crippen molar-refractivity contribution < 1.29 is 17.6 Å². The average molecular weight is 337 g/mol. The molecule has 1 amide bonds. The van der Waals surface area contributed by atoms with Crippen molar-refractivity contribution in [1.82, 2.24) is 5.32 Å². The number of fused-ring (bicyclic) bond motifs is 1. The van der Waals surface area contributed by atoms with Gasteiger partial charge in [-0.1, -0.05) is 13.0 Å². The molecule has 0 atom stereocenters. The molecule has 21 heavy (non-hydrogen) atoms. The van der Waals surface area contributed by atoms with Crippen LogP contribution in [0.5, 0.6) is 0 Å². The van der Waals surface area contributed by atoms with Crippen molar-refractivity contribution in [3.8, 4) is 0 Å². The summed E-state index contributed by atoms with van der Waals surface area (Å²) in [6.07, 6.45) is 0.554. The topological polar surface area (TPSA) is 75.3 Å². The van der Waals surface area contributed by atoms with Crippen LogP contribution in [-0.2, 0) is 27.6 Å². The molecule has 0 radical (unpaired) electrons. The smallest absolute Gasteiger partial charge is 0.239 e. The Morgan fingerprint density at radius 2 is 2.14 bits per heavy atom. The number of halogens is 2. The van der Waals surface area contributed by atoms with Gasteiger partial charge in [0.1, 0.15) is 11.6 Å². The molecule has 1 aromatic carbocycles. The lowest BCUT2D eigenvalue weighted by atomic mass is 9.99. The second-order valence-corrected chi connectivity index (χ2v) is 7.07. The number of anilines is 1. The summed E-state index contributed by atoms with van der Waals surface area (Å²) >= 11 is 0. The Morgan fingerprint density at radius 1 is 1.43 bits per heavy atom. The maximum atomic E-state index is 14.2. The van der Waals surface area contributed by atoms with E-state index >= 15 is 0 Å². The zero-order chi connectivity index (χ0) is 14.8. The molecule has 0 saturated heterocycles. The van der Waals surface area contributed by atoms with Crippen LogP contribution in [0, 0.1) is 5.82 Å². The zero-order valence-corrected chi connectivity index (χ0v) is 13.2. The summed E-state index contributed by atoms with van der Waals surface area (Å²) in [7, 11) is -3.41. The Hall–Kier alpha value is -1.18. The Morgan fingerprint density at radius 3 is 2.81 bits per heavy atom. The summed E-state index contributed by atoms with van der Waals surface area (Å²) in [4.78, 5) is 11.6. The molecule has 0 spiro atoms. The third kappa shape index (κ3) is 4.39. The Balaban J connectivity index is 0.00000220. The van der Waals surface area contributed by atoms with Crippen LogP contribution in [0.15, 0.2) is 12.1 Å². The quantitative estimate of drug-likeness (QED) is 0.868. The summed E-state index contributed by atoms with van der Waals surface area (Å²) in [5.74, 6) is -1.91. The van der Waals surface area contributed by atoms with E-state index in [9.17, 15) is 17.6 Å². The first kappa shape index (κ1) is 17.9. The van der Waals surface area contributed by atoms with E-state index in [4.69, 9.17) is 0 Å². The highest BCUT2D eigenvalue weighted by Crippen LogP contribution is 2.24. The Bertz CT molecular complexity index is 635. The van der Waals surface area contributed by atoms with Crippen LogP contribution in [0.2, 0.25) is 0 Å². The van der Waals surface area contributed by atoms with Crippen molar-refractivity contribution in [2.75, 3.05) is 23.4 Å². The average Bonchev–Trinajstić information content (AvgIpc) is 2.42. The fourth-order valence-corrected chi connectivity index (χ4v) is 2.79. The standard InChI is InChI=1S/C13H17FN2O3S.ClH/c1-2-20(18,19)8-12(17)16-11-4-3-9-7-15-6-5-10(9)13(11)14;/h3-4,15H,2,5-8H2,1H3,(H,16,17);1H. The first-order valence-electron chi connectivity index (χ1n) is 6.44. The van der Waals surface area contributed by atoms with Crippen molar-refractivity contribution in [3.05, 3.63) is 29.1 Å². The van der Waals surface area contributed by atoms with E-state index in [0.717, 1.165) is 5.56 Å². The molecule has 1 heterocycles. The predicted molar refractivity (Wildman–Crippen MR) is 82.0 cm³/mol. The van der Waals surface area contributed by atoms with Crippen molar-refractivity contribution >= 4 is 33.8 Å². The number of nitrogens with one attached hydrogen (secondary N) is 2. The van der Waals surface area contributed by atoms with Gasteiger partial charge in [0.25, 0.3) is 0 Å². The van der Waals surface area contributed by atoms with Gasteiger partial charge < -0.3 is 10.6 Å². The van der Waals surface area contributed by atoms with Gasteiger partial charge >= 0.3 is 0 Å². The second kappa shape index (κ2) is 7.20. The number of hydrogen-bond donors (Lipinski definition) is 2. The van der Waals surface area contributed by atoms with Crippen LogP contribution in [0.1, 0.15) is 18.1 Å². The van der Waals surface area contributed by atoms with Crippen molar-refractivity contribution in [2.45, 2.75) is 19.9 Å². The number of benzene rings is 1. The van der Waals surface area contributed by atoms with Crippen molar-refractivity contribution in [3.63, 3.8) is 0 Å². The lowest BCUT2D eigenvalue weighted by Crippen LogP contribution is -2.27. The lowest BCUT2D eigenvalue weighted by Gasteiger charge is -2.19. The maximum Gasteiger partial charge on any atom is 0.239 e. The van der Waals surface area contributed by atoms with Crippen LogP contribution in [0.25, 0.3) is 0 Å². The molecular formula is C13H18ClFN2O3S. The number of hydrogen-bond acceptors (Lipinski definition) is 4. The highest BCUT2D eigenvalue weighted by Gasteiger charge is 2.19. The molecule has 1 aliphatic heterocycles. The van der Waals surface area contributed by atoms with Crippen molar-refractivity contribution in [1.29, 1.82) is 0 Å². The van der Waals surface area contributed by atoms with E-state index in [1.54, 1.807) is 6.07 Å². The highest BCUT2D eigenvalue weighted by molar-refractivity contribution is 7.92. The summed E-state index contributed by atoms with van der Waals surface area (Å²) in [6, 6.07) is 3.21. The summed E-state index contributed by atoms with van der Waals surface area (Å²) in [6.45, 7) is 2.76. The first-order chi connectivity index (χ1) is 9.43. The number of carbonyl (C=O) groups is 1. The Kier molecular flexibility index (Phi) is 6.12. The normalized spacial score (nSPS) is 14.0. The minimum absolute atomic E-state index is 0. The van der Waals surface area contributed by atoms with E-state index < -0.39 is 27.3 Å². The SMILES string of the molecule is CCS(=O)(=O)CC(=O)Nc1ccc2c(c1F)CCNC2.Cl. The van der Waals surface area contributed by atoms with E-state index in [2.05, 4.69) is 10.6 Å². The molecule has 5 nitrogen and oxygen atoms in total. The molecule has 8 heteroatoms. The molecular weight excluding hydrogens is 319 g/mol. The Labute approximate surface area is 129 Å². The van der Waals surface area contributed by atoms with E-state index in [0.29, 0.717) is 25.1 Å². The molecule has 0 saturated carbocycles. The summed E-state index contributed by atoms with van der Waals surface area (Å²) in [5.41, 5.74) is 1.50. The van der Waals surface area contributed by atoms with Gasteiger partial charge in [-0.05, 0) is 30.2 Å². The second-order valence-electron chi connectivity index (χ2n) is 4.72. The third-order valence-electron chi connectivity index (χ3n) is 3.27. The van der Waals surface area contributed by atoms with Crippen LogP contribution in [0.3, 0.4) is 0 Å². The zero-order valence-electron chi connectivity index (χ0n) is 11.6. The molecule has 0 bridgehead atoms. The lowest BCUT2D eigenvalue weighted by molar-refractivity contribution is -0.113. The first-order valence-corrected chi connectivity index (χ1v) is 8.26. The largest absolute Gasteiger partial charge is 0.323 e. The monoisotopic (exact) mass is 336 g/mol. The van der Waals surface area contributed by atoms with Crippen LogP contribution in [-0.4, -0.2) is 32.4 Å². The molecule has 2 N–H and O–H groups in total. The number of rotatable bonds is 4. The molecule has 1 aromatic rings. The molecule has 0 aromatic heterocycles. The fraction of sp³-hybridized carbons (Fsp3) is 0.462. The van der Waals surface area contributed by atoms with Gasteiger partial charge in [-0.25, -0.2) is 12.8 Å². The van der Waals surface area contributed by atoms with E-state index in [1.165, 1.54) is 13.0 Å². The molecule has 118 valence electrons. The number of carbonyl (C=O) groups excluding carboxylic acids is 1. The molecule has 0 fully saturated rings. The number of amides is 1. The highest BCUT2D eigenvalue weighted by atomic mass is 35.5. The maximum absolute atomic E-state index is 14.2. The van der Waals surface area contributed by atoms with Gasteiger partial charge in [0, 0.05) is 12.3 Å². The van der Waals surface area contributed by atoms with Gasteiger partial charge in [0.2, 0.25) is 5.91 Å². The van der Waals surface area contributed by atoms with Gasteiger partial charge in [0.05, 0.1) is 5.69 Å². The van der Waals surface area contributed by atoms with Crippen LogP contribution >= 0.6 is 12.4 Å². The summed E-state index contributed by atoms with van der Waals surface area (Å²) in [5, 5.41) is 5.47. The fourth-order valence-electron chi connectivity index (χ4n) is 2.12. The van der Waals surface area contributed by atoms with E-state index in [-0.39, 0.29) is 23.8 Å². The molecule has 0 unspecified atom stereocenters. The minimum atomic E-state index is -3.41. The van der Waals surface area contributed by atoms with E-state index in [1.807, 2.05) is 0 Å². The van der Waals surface area contributed by atoms with Gasteiger partial charge in [-0.2, -0.15) is 0 Å². The molecule has 1 aliphatic rings. The molecule has 0 aliphatic carbocycles.